The Labute approximate surface area is 105 Å². The number of nitrogen functional groups attached to an aromatic ring is 1. The first-order valence-corrected chi connectivity index (χ1v) is 5.34. The molecule has 0 saturated heterocycles. The summed E-state index contributed by atoms with van der Waals surface area (Å²) in [4.78, 5) is 12.3. The van der Waals surface area contributed by atoms with E-state index in [-0.39, 0.29) is 5.95 Å². The zero-order valence-electron chi connectivity index (χ0n) is 10.5. The van der Waals surface area contributed by atoms with Gasteiger partial charge in [-0.05, 0) is 19.1 Å². The number of ether oxygens (including phenoxy) is 2. The molecule has 0 amide bonds. The van der Waals surface area contributed by atoms with Crippen LogP contribution in [0.2, 0.25) is 0 Å². The van der Waals surface area contributed by atoms with Gasteiger partial charge in [-0.3, -0.25) is 0 Å². The molecule has 0 bridgehead atoms. The molecule has 0 aliphatic heterocycles. The summed E-state index contributed by atoms with van der Waals surface area (Å²) >= 11 is 0. The molecule has 6 heteroatoms. The van der Waals surface area contributed by atoms with Crippen LogP contribution in [0.4, 0.5) is 5.95 Å². The maximum atomic E-state index is 5.62. The molecular formula is C12H14N4O2. The van der Waals surface area contributed by atoms with Gasteiger partial charge in [0.15, 0.2) is 5.82 Å². The second kappa shape index (κ2) is 4.87. The molecule has 2 N–H and O–H groups in total. The first kappa shape index (κ1) is 12.1. The molecule has 2 rings (SSSR count). The maximum Gasteiger partial charge on any atom is 0.223 e. The van der Waals surface area contributed by atoms with Crippen molar-refractivity contribution in [1.82, 2.24) is 15.0 Å². The minimum absolute atomic E-state index is 0.190. The third kappa shape index (κ3) is 2.32. The fraction of sp³-hybridized carbons (Fsp3) is 0.250. The Morgan fingerprint density at radius 3 is 2.44 bits per heavy atom. The predicted octanol–water partition coefficient (Wildman–Crippen LogP) is 1.45. The van der Waals surface area contributed by atoms with Gasteiger partial charge in [0.1, 0.15) is 17.3 Å². The van der Waals surface area contributed by atoms with Crippen LogP contribution < -0.4 is 15.2 Å². The predicted molar refractivity (Wildman–Crippen MR) is 67.5 cm³/mol. The Balaban J connectivity index is 2.55. The fourth-order valence-corrected chi connectivity index (χ4v) is 1.61. The van der Waals surface area contributed by atoms with E-state index in [1.807, 2.05) is 12.1 Å². The van der Waals surface area contributed by atoms with Gasteiger partial charge in [0.05, 0.1) is 19.8 Å². The van der Waals surface area contributed by atoms with Gasteiger partial charge in [0.25, 0.3) is 0 Å². The second-order valence-corrected chi connectivity index (χ2v) is 3.63. The quantitative estimate of drug-likeness (QED) is 0.882. The van der Waals surface area contributed by atoms with E-state index in [9.17, 15) is 0 Å². The van der Waals surface area contributed by atoms with Crippen molar-refractivity contribution < 1.29 is 9.47 Å². The number of rotatable bonds is 3. The highest BCUT2D eigenvalue weighted by Crippen LogP contribution is 2.31. The highest BCUT2D eigenvalue weighted by Gasteiger charge is 2.11. The molecule has 2 aromatic rings. The van der Waals surface area contributed by atoms with E-state index >= 15 is 0 Å². The van der Waals surface area contributed by atoms with E-state index in [1.165, 1.54) is 0 Å². The smallest absolute Gasteiger partial charge is 0.223 e. The largest absolute Gasteiger partial charge is 0.497 e. The number of hydrogen-bond donors (Lipinski definition) is 1. The summed E-state index contributed by atoms with van der Waals surface area (Å²) in [6.07, 6.45) is 0. The van der Waals surface area contributed by atoms with Gasteiger partial charge in [-0.25, -0.2) is 4.98 Å². The molecule has 1 heterocycles. The van der Waals surface area contributed by atoms with E-state index in [4.69, 9.17) is 15.2 Å². The Morgan fingerprint density at radius 1 is 1.06 bits per heavy atom. The number of aromatic nitrogens is 3. The second-order valence-electron chi connectivity index (χ2n) is 3.63. The van der Waals surface area contributed by atoms with E-state index in [0.29, 0.717) is 23.1 Å². The molecule has 1 aromatic carbocycles. The van der Waals surface area contributed by atoms with Crippen molar-refractivity contribution >= 4 is 5.95 Å². The van der Waals surface area contributed by atoms with Crippen molar-refractivity contribution in [2.24, 2.45) is 0 Å². The lowest BCUT2D eigenvalue weighted by atomic mass is 10.2. The standard InChI is InChI=1S/C12H14N4O2/c1-7-14-11(16-12(13)15-7)9-5-4-8(17-2)6-10(9)18-3/h4-6H,1-3H3,(H2,13,14,15,16). The van der Waals surface area contributed by atoms with Crippen molar-refractivity contribution in [2.45, 2.75) is 6.92 Å². The number of nitrogens with two attached hydrogens (primary N) is 1. The third-order valence-corrected chi connectivity index (χ3v) is 2.41. The average molecular weight is 246 g/mol. The topological polar surface area (TPSA) is 83.2 Å². The van der Waals surface area contributed by atoms with Crippen LogP contribution in [-0.2, 0) is 0 Å². The molecule has 0 fully saturated rings. The third-order valence-electron chi connectivity index (χ3n) is 2.41. The van der Waals surface area contributed by atoms with Crippen LogP contribution in [0.15, 0.2) is 18.2 Å². The highest BCUT2D eigenvalue weighted by molar-refractivity contribution is 5.66. The lowest BCUT2D eigenvalue weighted by Gasteiger charge is -2.09. The van der Waals surface area contributed by atoms with E-state index < -0.39 is 0 Å². The average Bonchev–Trinajstić information content (AvgIpc) is 2.36. The van der Waals surface area contributed by atoms with Gasteiger partial charge in [0, 0.05) is 6.07 Å². The maximum absolute atomic E-state index is 5.62. The van der Waals surface area contributed by atoms with E-state index in [1.54, 1.807) is 27.2 Å². The van der Waals surface area contributed by atoms with E-state index in [0.717, 1.165) is 5.56 Å². The lowest BCUT2D eigenvalue weighted by Crippen LogP contribution is -2.02. The number of anilines is 1. The zero-order valence-corrected chi connectivity index (χ0v) is 10.5. The molecular weight excluding hydrogens is 232 g/mol. The van der Waals surface area contributed by atoms with Gasteiger partial charge in [0.2, 0.25) is 5.95 Å². The Kier molecular flexibility index (Phi) is 3.27. The minimum Gasteiger partial charge on any atom is -0.497 e. The number of hydrogen-bond acceptors (Lipinski definition) is 6. The van der Waals surface area contributed by atoms with Crippen LogP contribution >= 0.6 is 0 Å². The van der Waals surface area contributed by atoms with Gasteiger partial charge in [-0.2, -0.15) is 9.97 Å². The van der Waals surface area contributed by atoms with E-state index in [2.05, 4.69) is 15.0 Å². The zero-order chi connectivity index (χ0) is 13.1. The van der Waals surface area contributed by atoms with Crippen molar-refractivity contribution in [3.8, 4) is 22.9 Å². The highest BCUT2D eigenvalue weighted by atomic mass is 16.5. The van der Waals surface area contributed by atoms with Gasteiger partial charge in [-0.15, -0.1) is 0 Å². The summed E-state index contributed by atoms with van der Waals surface area (Å²) in [5, 5.41) is 0. The monoisotopic (exact) mass is 246 g/mol. The lowest BCUT2D eigenvalue weighted by molar-refractivity contribution is 0.395. The summed E-state index contributed by atoms with van der Waals surface area (Å²) in [6, 6.07) is 5.41. The first-order chi connectivity index (χ1) is 8.63. The normalized spacial score (nSPS) is 10.2. The number of aryl methyl sites for hydroxylation is 1. The number of nitrogens with zero attached hydrogens (tertiary/aromatic N) is 3. The summed E-state index contributed by atoms with van der Waals surface area (Å²) in [6.45, 7) is 1.76. The summed E-state index contributed by atoms with van der Waals surface area (Å²) in [7, 11) is 3.18. The summed E-state index contributed by atoms with van der Waals surface area (Å²) in [5.74, 6) is 2.57. The van der Waals surface area contributed by atoms with Gasteiger partial charge < -0.3 is 15.2 Å². The van der Waals surface area contributed by atoms with Crippen LogP contribution in [0.1, 0.15) is 5.82 Å². The molecule has 94 valence electrons. The molecule has 18 heavy (non-hydrogen) atoms. The van der Waals surface area contributed by atoms with Crippen molar-refractivity contribution in [3.05, 3.63) is 24.0 Å². The number of methoxy groups -OCH3 is 2. The molecule has 6 nitrogen and oxygen atoms in total. The molecule has 0 aliphatic rings. The molecule has 0 saturated carbocycles. The van der Waals surface area contributed by atoms with Crippen molar-refractivity contribution in [2.75, 3.05) is 20.0 Å². The van der Waals surface area contributed by atoms with Crippen LogP contribution in [-0.4, -0.2) is 29.2 Å². The number of benzene rings is 1. The first-order valence-electron chi connectivity index (χ1n) is 5.34. The molecule has 0 unspecified atom stereocenters. The molecule has 0 aliphatic carbocycles. The molecule has 0 spiro atoms. The van der Waals surface area contributed by atoms with Gasteiger partial charge in [-0.1, -0.05) is 0 Å². The molecule has 0 atom stereocenters. The molecule has 0 radical (unpaired) electrons. The van der Waals surface area contributed by atoms with Crippen LogP contribution in [0, 0.1) is 6.92 Å². The van der Waals surface area contributed by atoms with Crippen LogP contribution in [0.5, 0.6) is 11.5 Å². The van der Waals surface area contributed by atoms with Crippen molar-refractivity contribution in [1.29, 1.82) is 0 Å². The fourth-order valence-electron chi connectivity index (χ4n) is 1.61. The summed E-state index contributed by atoms with van der Waals surface area (Å²) in [5.41, 5.74) is 6.36. The van der Waals surface area contributed by atoms with Crippen LogP contribution in [0.25, 0.3) is 11.4 Å². The summed E-state index contributed by atoms with van der Waals surface area (Å²) < 4.78 is 10.4. The van der Waals surface area contributed by atoms with Gasteiger partial charge >= 0.3 is 0 Å². The Hall–Kier alpha value is -2.37. The Bertz CT molecular complexity index is 552. The van der Waals surface area contributed by atoms with Crippen LogP contribution in [0.3, 0.4) is 0 Å². The molecule has 1 aromatic heterocycles. The SMILES string of the molecule is COc1ccc(-c2nc(C)nc(N)n2)c(OC)c1. The van der Waals surface area contributed by atoms with Crippen molar-refractivity contribution in [3.63, 3.8) is 0 Å². The Morgan fingerprint density at radius 2 is 1.83 bits per heavy atom. The minimum atomic E-state index is 0.190.